The number of alkyl halides is 3. The second-order valence-corrected chi connectivity index (χ2v) is 10.6. The van der Waals surface area contributed by atoms with Crippen LogP contribution < -0.4 is 10.6 Å². The molecule has 1 amide bonds. The molecule has 0 saturated carbocycles. The van der Waals surface area contributed by atoms with Crippen LogP contribution in [-0.2, 0) is 4.79 Å². The van der Waals surface area contributed by atoms with E-state index in [1.807, 2.05) is 11.4 Å². The minimum absolute atomic E-state index is 0.0202. The number of anilines is 1. The summed E-state index contributed by atoms with van der Waals surface area (Å²) in [5.41, 5.74) is -3.47. The molecule has 0 unspecified atom stereocenters. The molecule has 1 aliphatic rings. The summed E-state index contributed by atoms with van der Waals surface area (Å²) < 4.78 is 43.7. The molecular formula is C26H19ClF3N3O3S2. The Morgan fingerprint density at radius 2 is 1.82 bits per heavy atom. The number of hydrogen-bond donors (Lipinski definition) is 3. The van der Waals surface area contributed by atoms with Gasteiger partial charge in [-0.15, -0.1) is 11.3 Å². The van der Waals surface area contributed by atoms with Crippen molar-refractivity contribution in [2.45, 2.75) is 17.8 Å². The Balaban J connectivity index is 1.82. The van der Waals surface area contributed by atoms with Crippen molar-refractivity contribution in [3.63, 3.8) is 0 Å². The van der Waals surface area contributed by atoms with Crippen molar-refractivity contribution in [1.29, 1.82) is 5.26 Å². The SMILES string of the molecule is N#CC1=C(SCC(=O)Nc2ccccc2)N[C@](O)(C(F)(F)F)[C@H](C(=O)c2cccs2)[C@@H]1c1ccccc1Cl. The predicted octanol–water partition coefficient (Wildman–Crippen LogP) is 5.95. The van der Waals surface area contributed by atoms with Gasteiger partial charge in [-0.2, -0.15) is 18.4 Å². The molecule has 1 aromatic heterocycles. The average Bonchev–Trinajstić information content (AvgIpc) is 3.42. The van der Waals surface area contributed by atoms with E-state index in [9.17, 15) is 33.1 Å². The Morgan fingerprint density at radius 3 is 2.42 bits per heavy atom. The first-order chi connectivity index (χ1) is 18.1. The van der Waals surface area contributed by atoms with Gasteiger partial charge >= 0.3 is 6.18 Å². The predicted molar refractivity (Wildman–Crippen MR) is 141 cm³/mol. The summed E-state index contributed by atoms with van der Waals surface area (Å²) in [5, 5.41) is 27.1. The zero-order valence-corrected chi connectivity index (χ0v) is 21.7. The third-order valence-electron chi connectivity index (χ3n) is 5.89. The van der Waals surface area contributed by atoms with Gasteiger partial charge in [0.1, 0.15) is 0 Å². The highest BCUT2D eigenvalue weighted by atomic mass is 35.5. The second kappa shape index (κ2) is 11.2. The summed E-state index contributed by atoms with van der Waals surface area (Å²) in [4.78, 5) is 26.0. The summed E-state index contributed by atoms with van der Waals surface area (Å²) in [5.74, 6) is -5.67. The number of Topliss-reactive ketones (excluding diaryl/α,β-unsaturated/α-hetero) is 1. The largest absolute Gasteiger partial charge is 0.437 e. The molecule has 3 atom stereocenters. The van der Waals surface area contributed by atoms with Gasteiger partial charge in [-0.1, -0.05) is 65.8 Å². The van der Waals surface area contributed by atoms with Gasteiger partial charge in [0, 0.05) is 16.6 Å². The second-order valence-electron chi connectivity index (χ2n) is 8.27. The van der Waals surface area contributed by atoms with Crippen LogP contribution in [0.2, 0.25) is 5.02 Å². The van der Waals surface area contributed by atoms with Crippen molar-refractivity contribution in [2.75, 3.05) is 11.1 Å². The van der Waals surface area contributed by atoms with Crippen molar-refractivity contribution >= 4 is 52.1 Å². The van der Waals surface area contributed by atoms with Crippen molar-refractivity contribution < 1.29 is 27.9 Å². The van der Waals surface area contributed by atoms with Crippen LogP contribution in [0.25, 0.3) is 0 Å². The van der Waals surface area contributed by atoms with E-state index in [1.165, 1.54) is 35.7 Å². The maximum atomic E-state index is 14.6. The number of amides is 1. The molecule has 38 heavy (non-hydrogen) atoms. The van der Waals surface area contributed by atoms with Gasteiger partial charge in [0.25, 0.3) is 0 Å². The molecule has 12 heteroatoms. The summed E-state index contributed by atoms with van der Waals surface area (Å²) in [6.45, 7) is 0. The molecule has 0 spiro atoms. The highest BCUT2D eigenvalue weighted by Crippen LogP contribution is 2.52. The number of rotatable bonds is 7. The third kappa shape index (κ3) is 5.44. The Hall–Kier alpha value is -3.30. The number of nitriles is 1. The van der Waals surface area contributed by atoms with Gasteiger partial charge in [0.15, 0.2) is 5.78 Å². The highest BCUT2D eigenvalue weighted by molar-refractivity contribution is 8.03. The molecule has 1 aliphatic heterocycles. The fraction of sp³-hybridized carbons (Fsp3) is 0.192. The number of benzene rings is 2. The average molecular weight is 578 g/mol. The first kappa shape index (κ1) is 27.7. The smallest absolute Gasteiger partial charge is 0.363 e. The topological polar surface area (TPSA) is 102 Å². The summed E-state index contributed by atoms with van der Waals surface area (Å²) in [7, 11) is 0. The quantitative estimate of drug-likeness (QED) is 0.300. The van der Waals surface area contributed by atoms with E-state index in [4.69, 9.17) is 11.6 Å². The van der Waals surface area contributed by atoms with Gasteiger partial charge in [0.05, 0.1) is 33.2 Å². The van der Waals surface area contributed by atoms with Crippen LogP contribution in [0.1, 0.15) is 21.2 Å². The number of thioether (sulfide) groups is 1. The molecule has 196 valence electrons. The van der Waals surface area contributed by atoms with Crippen LogP contribution >= 0.6 is 34.7 Å². The Bertz CT molecular complexity index is 1410. The first-order valence-corrected chi connectivity index (χ1v) is 13.3. The van der Waals surface area contributed by atoms with Crippen molar-refractivity contribution in [2.24, 2.45) is 5.92 Å². The van der Waals surface area contributed by atoms with Crippen LogP contribution in [0.4, 0.5) is 18.9 Å². The minimum atomic E-state index is -5.34. The Labute approximate surface area is 229 Å². The number of carbonyl (C=O) groups excluding carboxylic acids is 2. The number of halogens is 4. The number of ketones is 1. The molecule has 0 bridgehead atoms. The normalized spacial score (nSPS) is 21.4. The lowest BCUT2D eigenvalue weighted by molar-refractivity contribution is -0.285. The van der Waals surface area contributed by atoms with E-state index in [-0.39, 0.29) is 31.8 Å². The molecule has 0 radical (unpaired) electrons. The number of hydrogen-bond acceptors (Lipinski definition) is 7. The molecule has 4 rings (SSSR count). The van der Waals surface area contributed by atoms with Crippen molar-refractivity contribution in [3.8, 4) is 6.07 Å². The highest BCUT2D eigenvalue weighted by Gasteiger charge is 2.66. The van der Waals surface area contributed by atoms with Gasteiger partial charge < -0.3 is 15.7 Å². The monoisotopic (exact) mass is 577 g/mol. The van der Waals surface area contributed by atoms with Gasteiger partial charge in [0.2, 0.25) is 11.6 Å². The van der Waals surface area contributed by atoms with Gasteiger partial charge in [-0.3, -0.25) is 9.59 Å². The zero-order valence-electron chi connectivity index (χ0n) is 19.3. The van der Waals surface area contributed by atoms with Crippen LogP contribution in [0.5, 0.6) is 0 Å². The standard InChI is InChI=1S/C26H19ClF3N3O3S2/c27-18-10-5-4-9-16(18)21-17(13-31)24(38-14-20(34)32-15-7-2-1-3-8-15)33-25(36,26(28,29)30)22(21)23(35)19-11-6-12-37-19/h1-12,21-22,33,36H,14H2,(H,32,34)/t21-,22+,25-/m1/s1. The van der Waals surface area contributed by atoms with E-state index in [2.05, 4.69) is 5.32 Å². The van der Waals surface area contributed by atoms with Crippen LogP contribution in [0, 0.1) is 17.2 Å². The number of aliphatic hydroxyl groups is 1. The number of thiophene rings is 1. The fourth-order valence-electron chi connectivity index (χ4n) is 4.18. The zero-order chi connectivity index (χ0) is 27.5. The van der Waals surface area contributed by atoms with Crippen molar-refractivity contribution in [3.05, 3.63) is 98.2 Å². The van der Waals surface area contributed by atoms with E-state index >= 15 is 0 Å². The number of nitrogens with one attached hydrogen (secondary N) is 2. The maximum Gasteiger partial charge on any atom is 0.437 e. The van der Waals surface area contributed by atoms with E-state index in [1.54, 1.807) is 36.4 Å². The van der Waals surface area contributed by atoms with Crippen molar-refractivity contribution in [1.82, 2.24) is 5.32 Å². The van der Waals surface area contributed by atoms with Crippen LogP contribution in [0.3, 0.4) is 0 Å². The first-order valence-electron chi connectivity index (χ1n) is 11.1. The molecule has 0 aliphatic carbocycles. The summed E-state index contributed by atoms with van der Waals surface area (Å²) >= 11 is 7.88. The molecule has 3 N–H and O–H groups in total. The van der Waals surface area contributed by atoms with Crippen LogP contribution in [0.15, 0.2) is 82.7 Å². The molecule has 2 aromatic carbocycles. The van der Waals surface area contributed by atoms with Gasteiger partial charge in [-0.25, -0.2) is 0 Å². The maximum absolute atomic E-state index is 14.6. The Morgan fingerprint density at radius 1 is 1.13 bits per heavy atom. The van der Waals surface area contributed by atoms with E-state index in [0.717, 1.165) is 11.3 Å². The third-order valence-corrected chi connectivity index (χ3v) is 8.13. The number of carbonyl (C=O) groups is 2. The van der Waals surface area contributed by atoms with Crippen LogP contribution in [-0.4, -0.2) is 34.5 Å². The number of allylic oxidation sites excluding steroid dienone is 1. The molecule has 6 nitrogen and oxygen atoms in total. The molecule has 0 saturated heterocycles. The van der Waals surface area contributed by atoms with E-state index in [0.29, 0.717) is 17.4 Å². The summed E-state index contributed by atoms with van der Waals surface area (Å²) in [6, 6.07) is 19.1. The molecule has 2 heterocycles. The molecule has 0 fully saturated rings. The van der Waals surface area contributed by atoms with Gasteiger partial charge in [-0.05, 0) is 35.2 Å². The molecular weight excluding hydrogens is 559 g/mol. The lowest BCUT2D eigenvalue weighted by Gasteiger charge is -2.45. The lowest BCUT2D eigenvalue weighted by atomic mass is 9.70. The minimum Gasteiger partial charge on any atom is -0.363 e. The number of nitrogens with zero attached hydrogens (tertiary/aromatic N) is 1. The Kier molecular flexibility index (Phi) is 8.18. The summed E-state index contributed by atoms with van der Waals surface area (Å²) in [6.07, 6.45) is -5.34. The fourth-order valence-corrected chi connectivity index (χ4v) is 6.04. The molecule has 3 aromatic rings. The lowest BCUT2D eigenvalue weighted by Crippen LogP contribution is -2.66. The van der Waals surface area contributed by atoms with E-state index < -0.39 is 35.4 Å². The number of para-hydroxylation sites is 1.